The van der Waals surface area contributed by atoms with Crippen molar-refractivity contribution < 1.29 is 23.9 Å². The molecule has 194 valence electrons. The molecule has 0 fully saturated rings. The Morgan fingerprint density at radius 1 is 0.879 bits per heavy atom. The molecule has 0 saturated carbocycles. The van der Waals surface area contributed by atoms with Crippen LogP contribution in [-0.2, 0) is 23.9 Å². The third kappa shape index (κ3) is 17.6. The van der Waals surface area contributed by atoms with Gasteiger partial charge in [0.15, 0.2) is 5.78 Å². The average Bonchev–Trinajstić information content (AvgIpc) is 2.75. The molecule has 33 heavy (non-hydrogen) atoms. The van der Waals surface area contributed by atoms with E-state index < -0.39 is 0 Å². The van der Waals surface area contributed by atoms with Gasteiger partial charge in [0.25, 0.3) is 0 Å². The second kappa shape index (κ2) is 18.9. The Morgan fingerprint density at radius 3 is 2.09 bits per heavy atom. The minimum Gasteiger partial charge on any atom is -0.382 e. The first-order chi connectivity index (χ1) is 15.6. The van der Waals surface area contributed by atoms with Crippen LogP contribution in [0.15, 0.2) is 0 Å². The van der Waals surface area contributed by atoms with Gasteiger partial charge in [-0.25, -0.2) is 0 Å². The maximum atomic E-state index is 12.2. The summed E-state index contributed by atoms with van der Waals surface area (Å²) in [7, 11) is 0. The molecule has 0 aromatic rings. The lowest BCUT2D eigenvalue weighted by Gasteiger charge is -2.25. The van der Waals surface area contributed by atoms with Gasteiger partial charge >= 0.3 is 0 Å². The summed E-state index contributed by atoms with van der Waals surface area (Å²) in [4.78, 5) is 36.1. The zero-order chi connectivity index (χ0) is 25.1. The number of unbranched alkanes of at least 4 members (excludes halogenated alkanes) is 1. The molecule has 0 aliphatic heterocycles. The molecule has 0 bridgehead atoms. The number of ketones is 1. The zero-order valence-electron chi connectivity index (χ0n) is 21.9. The molecule has 0 aromatic heterocycles. The number of hydrogen-bond acceptors (Lipinski definition) is 6. The minimum absolute atomic E-state index is 0.0241. The predicted octanol–water partition coefficient (Wildman–Crippen LogP) is 2.98. The average molecular weight is 472 g/mol. The molecule has 1 unspecified atom stereocenters. The highest BCUT2D eigenvalue weighted by Gasteiger charge is 2.19. The number of amides is 2. The number of carbonyl (C=O) groups is 3. The zero-order valence-corrected chi connectivity index (χ0v) is 21.9. The van der Waals surface area contributed by atoms with Gasteiger partial charge in [0.2, 0.25) is 11.8 Å². The molecule has 8 heteroatoms. The van der Waals surface area contributed by atoms with Crippen LogP contribution in [0.1, 0.15) is 86.5 Å². The van der Waals surface area contributed by atoms with Crippen LogP contribution in [0, 0.1) is 5.92 Å². The van der Waals surface area contributed by atoms with Crippen LogP contribution in [0.3, 0.4) is 0 Å². The van der Waals surface area contributed by atoms with Crippen molar-refractivity contribution in [3.63, 3.8) is 0 Å². The molecule has 0 spiro atoms. The van der Waals surface area contributed by atoms with Gasteiger partial charge in [-0.3, -0.25) is 14.4 Å². The molecule has 0 radical (unpaired) electrons. The van der Waals surface area contributed by atoms with E-state index in [1.165, 1.54) is 0 Å². The standard InChI is InChI=1S/C25H49N3O5/c1-7-26-21(24(31)20(3)4)12-9-10-16-27-22(29)13-11-14-23(30)28-17-19-33-25(5,6)15-18-32-8-2/h20-21,26H,7-19H2,1-6H3,(H,27,29)(H,28,30). The summed E-state index contributed by atoms with van der Waals surface area (Å²) < 4.78 is 11.2. The first kappa shape index (κ1) is 31.5. The molecule has 8 nitrogen and oxygen atoms in total. The molecule has 0 aromatic carbocycles. The molecule has 3 N–H and O–H groups in total. The summed E-state index contributed by atoms with van der Waals surface area (Å²) in [5.41, 5.74) is -0.282. The fourth-order valence-electron chi connectivity index (χ4n) is 3.33. The first-order valence-corrected chi connectivity index (χ1v) is 12.6. The summed E-state index contributed by atoms with van der Waals surface area (Å²) in [6.07, 6.45) is 4.47. The maximum Gasteiger partial charge on any atom is 0.220 e. The Kier molecular flexibility index (Phi) is 18.0. The van der Waals surface area contributed by atoms with Crippen molar-refractivity contribution in [2.75, 3.05) is 39.5 Å². The Bertz CT molecular complexity index is 552. The second-order valence-electron chi connectivity index (χ2n) is 9.27. The Labute approximate surface area is 201 Å². The summed E-state index contributed by atoms with van der Waals surface area (Å²) in [6, 6.07) is -0.101. The van der Waals surface area contributed by atoms with Crippen LogP contribution < -0.4 is 16.0 Å². The van der Waals surface area contributed by atoms with Crippen LogP contribution >= 0.6 is 0 Å². The molecular formula is C25H49N3O5. The molecule has 0 heterocycles. The minimum atomic E-state index is -0.282. The van der Waals surface area contributed by atoms with Crippen molar-refractivity contribution >= 4 is 17.6 Å². The van der Waals surface area contributed by atoms with Crippen molar-refractivity contribution in [3.8, 4) is 0 Å². The van der Waals surface area contributed by atoms with Gasteiger partial charge in [-0.15, -0.1) is 0 Å². The highest BCUT2D eigenvalue weighted by atomic mass is 16.5. The number of nitrogens with one attached hydrogen (secondary N) is 3. The van der Waals surface area contributed by atoms with Crippen LogP contribution in [0.5, 0.6) is 0 Å². The smallest absolute Gasteiger partial charge is 0.220 e. The van der Waals surface area contributed by atoms with E-state index in [9.17, 15) is 14.4 Å². The lowest BCUT2D eigenvalue weighted by molar-refractivity contribution is -0.124. The van der Waals surface area contributed by atoms with Gasteiger partial charge in [0, 0.05) is 45.1 Å². The van der Waals surface area contributed by atoms with E-state index in [4.69, 9.17) is 9.47 Å². The van der Waals surface area contributed by atoms with Gasteiger partial charge in [0.05, 0.1) is 18.2 Å². The van der Waals surface area contributed by atoms with E-state index >= 15 is 0 Å². The summed E-state index contributed by atoms with van der Waals surface area (Å²) in [5.74, 6) is 0.165. The van der Waals surface area contributed by atoms with E-state index in [1.807, 2.05) is 41.5 Å². The SMILES string of the molecule is CCNC(CCCCNC(=O)CCCC(=O)NCCOC(C)(C)CCOCC)C(=O)C(C)C. The summed E-state index contributed by atoms with van der Waals surface area (Å²) in [6.45, 7) is 15.5. The van der Waals surface area contributed by atoms with Crippen molar-refractivity contribution in [1.82, 2.24) is 16.0 Å². The van der Waals surface area contributed by atoms with Gasteiger partial charge in [-0.1, -0.05) is 20.8 Å². The van der Waals surface area contributed by atoms with E-state index in [2.05, 4.69) is 16.0 Å². The van der Waals surface area contributed by atoms with Gasteiger partial charge in [0.1, 0.15) is 0 Å². The van der Waals surface area contributed by atoms with Gasteiger partial charge in [-0.05, 0) is 59.4 Å². The fourth-order valence-corrected chi connectivity index (χ4v) is 3.33. The maximum absolute atomic E-state index is 12.2. The number of Topliss-reactive ketones (excluding diaryl/α,β-unsaturated/α-hetero) is 1. The predicted molar refractivity (Wildman–Crippen MR) is 132 cm³/mol. The van der Waals surface area contributed by atoms with Crippen LogP contribution in [0.25, 0.3) is 0 Å². The number of ether oxygens (including phenoxy) is 2. The van der Waals surface area contributed by atoms with Gasteiger partial charge < -0.3 is 25.4 Å². The second-order valence-corrected chi connectivity index (χ2v) is 9.27. The quantitative estimate of drug-likeness (QED) is 0.222. The van der Waals surface area contributed by atoms with E-state index in [-0.39, 0.29) is 35.2 Å². The van der Waals surface area contributed by atoms with Crippen LogP contribution in [0.4, 0.5) is 0 Å². The summed E-state index contributed by atoms with van der Waals surface area (Å²) in [5, 5.41) is 8.98. The first-order valence-electron chi connectivity index (χ1n) is 12.6. The highest BCUT2D eigenvalue weighted by Crippen LogP contribution is 2.14. The molecule has 0 aliphatic rings. The lowest BCUT2D eigenvalue weighted by atomic mass is 9.97. The van der Waals surface area contributed by atoms with Gasteiger partial charge in [-0.2, -0.15) is 0 Å². The van der Waals surface area contributed by atoms with Crippen molar-refractivity contribution in [3.05, 3.63) is 0 Å². The summed E-state index contributed by atoms with van der Waals surface area (Å²) >= 11 is 0. The Morgan fingerprint density at radius 2 is 1.52 bits per heavy atom. The normalized spacial score (nSPS) is 12.6. The van der Waals surface area contributed by atoms with E-state index in [1.54, 1.807) is 0 Å². The Balaban J connectivity index is 3.80. The van der Waals surface area contributed by atoms with E-state index in [0.717, 1.165) is 32.2 Å². The third-order valence-electron chi connectivity index (χ3n) is 5.38. The Hall–Kier alpha value is -1.51. The molecule has 1 atom stereocenters. The number of carbonyl (C=O) groups excluding carboxylic acids is 3. The van der Waals surface area contributed by atoms with Crippen LogP contribution in [-0.4, -0.2) is 68.7 Å². The molecule has 0 saturated heterocycles. The van der Waals surface area contributed by atoms with E-state index in [0.29, 0.717) is 52.2 Å². The molecular weight excluding hydrogens is 422 g/mol. The van der Waals surface area contributed by atoms with Crippen LogP contribution in [0.2, 0.25) is 0 Å². The molecule has 0 rings (SSSR count). The fraction of sp³-hybridized carbons (Fsp3) is 0.880. The monoisotopic (exact) mass is 471 g/mol. The largest absolute Gasteiger partial charge is 0.382 e. The number of likely N-dealkylation sites (N-methyl/N-ethyl adjacent to an activating group) is 1. The highest BCUT2D eigenvalue weighted by molar-refractivity contribution is 5.85. The van der Waals surface area contributed by atoms with Crippen molar-refractivity contribution in [1.29, 1.82) is 0 Å². The number of hydrogen-bond donors (Lipinski definition) is 3. The third-order valence-corrected chi connectivity index (χ3v) is 5.38. The lowest BCUT2D eigenvalue weighted by Crippen LogP contribution is -2.39. The topological polar surface area (TPSA) is 106 Å². The van der Waals surface area contributed by atoms with Crippen molar-refractivity contribution in [2.45, 2.75) is 98.1 Å². The van der Waals surface area contributed by atoms with Crippen molar-refractivity contribution in [2.24, 2.45) is 5.92 Å². The number of rotatable bonds is 21. The molecule has 0 aliphatic carbocycles. The molecule has 2 amide bonds.